The van der Waals surface area contributed by atoms with Crippen molar-refractivity contribution < 1.29 is 14.3 Å². The number of nitrogens with one attached hydrogen (secondary N) is 2. The third-order valence-electron chi connectivity index (χ3n) is 3.72. The zero-order valence-electron chi connectivity index (χ0n) is 15.4. The molecule has 0 aromatic carbocycles. The van der Waals surface area contributed by atoms with Crippen LogP contribution in [0.15, 0.2) is 24.4 Å². The number of pyridine rings is 1. The number of aromatic nitrogens is 3. The number of ether oxygens (including phenoxy) is 1. The van der Waals surface area contributed by atoms with Crippen molar-refractivity contribution >= 4 is 23.5 Å². The molecule has 3 rings (SSSR count). The van der Waals surface area contributed by atoms with Crippen molar-refractivity contribution in [2.24, 2.45) is 7.05 Å². The summed E-state index contributed by atoms with van der Waals surface area (Å²) in [5.41, 5.74) is 0.663. The summed E-state index contributed by atoms with van der Waals surface area (Å²) in [6.07, 6.45) is 3.22. The van der Waals surface area contributed by atoms with Gasteiger partial charge in [-0.05, 0) is 45.7 Å². The van der Waals surface area contributed by atoms with E-state index >= 15 is 0 Å². The predicted molar refractivity (Wildman–Crippen MR) is 97.2 cm³/mol. The fourth-order valence-electron chi connectivity index (χ4n) is 2.43. The molecular formula is C18H23N5O3. The van der Waals surface area contributed by atoms with Gasteiger partial charge in [0.2, 0.25) is 0 Å². The topological polar surface area (TPSA) is 98.1 Å². The smallest absolute Gasteiger partial charge is 0.412 e. The van der Waals surface area contributed by atoms with Crippen molar-refractivity contribution in [2.75, 3.05) is 10.6 Å². The Bertz CT molecular complexity index is 834. The molecule has 0 saturated heterocycles. The van der Waals surface area contributed by atoms with E-state index in [0.29, 0.717) is 17.4 Å². The van der Waals surface area contributed by atoms with Gasteiger partial charge in [-0.2, -0.15) is 5.10 Å². The average Bonchev–Trinajstić information content (AvgIpc) is 3.29. The summed E-state index contributed by atoms with van der Waals surface area (Å²) in [6.45, 7) is 5.32. The van der Waals surface area contributed by atoms with Gasteiger partial charge in [0.05, 0.1) is 5.69 Å². The Hall–Kier alpha value is -2.90. The van der Waals surface area contributed by atoms with Gasteiger partial charge in [0.1, 0.15) is 5.60 Å². The largest absolute Gasteiger partial charge is 0.444 e. The molecule has 2 N–H and O–H groups in total. The van der Waals surface area contributed by atoms with Gasteiger partial charge in [-0.25, -0.2) is 9.78 Å². The maximum atomic E-state index is 12.7. The number of amides is 2. The number of anilines is 2. The standard InChI is InChI=1S/C18H23N5O3/c1-18(2,3)26-17(25)20-13-8-7-12(11-5-6-11)19-15(13)16(24)21-14-9-10-23(4)22-14/h7-11H,5-6H2,1-4H3,(H,20,25)(H,21,22,24). The van der Waals surface area contributed by atoms with Crippen LogP contribution in [0.1, 0.15) is 55.7 Å². The van der Waals surface area contributed by atoms with Gasteiger partial charge in [0.15, 0.2) is 11.5 Å². The Morgan fingerprint density at radius 2 is 1.92 bits per heavy atom. The molecule has 1 aliphatic carbocycles. The van der Waals surface area contributed by atoms with Crippen LogP contribution in [-0.2, 0) is 11.8 Å². The van der Waals surface area contributed by atoms with E-state index in [1.807, 2.05) is 6.07 Å². The van der Waals surface area contributed by atoms with E-state index in [0.717, 1.165) is 18.5 Å². The molecule has 0 radical (unpaired) electrons. The van der Waals surface area contributed by atoms with E-state index in [2.05, 4.69) is 20.7 Å². The van der Waals surface area contributed by atoms with E-state index in [9.17, 15) is 9.59 Å². The summed E-state index contributed by atoms with van der Waals surface area (Å²) >= 11 is 0. The number of hydrogen-bond acceptors (Lipinski definition) is 5. The molecular weight excluding hydrogens is 334 g/mol. The molecule has 0 unspecified atom stereocenters. The van der Waals surface area contributed by atoms with Gasteiger partial charge in [0, 0.05) is 30.9 Å². The summed E-state index contributed by atoms with van der Waals surface area (Å²) in [7, 11) is 1.76. The first-order chi connectivity index (χ1) is 12.2. The third-order valence-corrected chi connectivity index (χ3v) is 3.72. The van der Waals surface area contributed by atoms with Crippen LogP contribution >= 0.6 is 0 Å². The SMILES string of the molecule is Cn1ccc(NC(=O)c2nc(C3CC3)ccc2NC(=O)OC(C)(C)C)n1. The van der Waals surface area contributed by atoms with Crippen molar-refractivity contribution in [3.05, 3.63) is 35.8 Å². The van der Waals surface area contributed by atoms with E-state index in [1.54, 1.807) is 50.8 Å². The molecule has 1 fully saturated rings. The van der Waals surface area contributed by atoms with Gasteiger partial charge in [0.25, 0.3) is 5.91 Å². The van der Waals surface area contributed by atoms with Crippen LogP contribution in [0.2, 0.25) is 0 Å². The number of carbonyl (C=O) groups is 2. The first-order valence-electron chi connectivity index (χ1n) is 8.53. The first-order valence-corrected chi connectivity index (χ1v) is 8.53. The molecule has 138 valence electrons. The van der Waals surface area contributed by atoms with Crippen molar-refractivity contribution in [3.63, 3.8) is 0 Å². The van der Waals surface area contributed by atoms with Crippen LogP contribution in [0, 0.1) is 0 Å². The summed E-state index contributed by atoms with van der Waals surface area (Å²) in [4.78, 5) is 29.2. The number of rotatable bonds is 4. The zero-order chi connectivity index (χ0) is 18.9. The molecule has 2 aromatic rings. The highest BCUT2D eigenvalue weighted by atomic mass is 16.6. The summed E-state index contributed by atoms with van der Waals surface area (Å²) in [5, 5.41) is 9.45. The van der Waals surface area contributed by atoms with E-state index in [1.165, 1.54) is 0 Å². The molecule has 2 aromatic heterocycles. The van der Waals surface area contributed by atoms with Gasteiger partial charge < -0.3 is 10.1 Å². The van der Waals surface area contributed by atoms with Crippen LogP contribution in [0.5, 0.6) is 0 Å². The van der Waals surface area contributed by atoms with E-state index < -0.39 is 17.6 Å². The minimum absolute atomic E-state index is 0.144. The molecule has 0 bridgehead atoms. The maximum absolute atomic E-state index is 12.7. The number of carbonyl (C=O) groups excluding carboxylic acids is 2. The normalized spacial score (nSPS) is 14.0. The lowest BCUT2D eigenvalue weighted by molar-refractivity contribution is 0.0636. The van der Waals surface area contributed by atoms with Crippen molar-refractivity contribution in [1.82, 2.24) is 14.8 Å². The highest BCUT2D eigenvalue weighted by molar-refractivity contribution is 6.07. The van der Waals surface area contributed by atoms with Gasteiger partial charge in [-0.3, -0.25) is 14.8 Å². The number of hydrogen-bond donors (Lipinski definition) is 2. The minimum Gasteiger partial charge on any atom is -0.444 e. The van der Waals surface area contributed by atoms with Gasteiger partial charge >= 0.3 is 6.09 Å². The Balaban J connectivity index is 1.83. The quantitative estimate of drug-likeness (QED) is 0.875. The zero-order valence-corrected chi connectivity index (χ0v) is 15.4. The average molecular weight is 357 g/mol. The van der Waals surface area contributed by atoms with E-state index in [-0.39, 0.29) is 5.69 Å². The first kappa shape index (κ1) is 17.9. The molecule has 8 heteroatoms. The minimum atomic E-state index is -0.637. The van der Waals surface area contributed by atoms with Gasteiger partial charge in [-0.1, -0.05) is 0 Å². The fraction of sp³-hybridized carbons (Fsp3) is 0.444. The van der Waals surface area contributed by atoms with Crippen molar-refractivity contribution in [1.29, 1.82) is 0 Å². The fourth-order valence-corrected chi connectivity index (χ4v) is 2.43. The lowest BCUT2D eigenvalue weighted by Gasteiger charge is -2.20. The Labute approximate surface area is 151 Å². The highest BCUT2D eigenvalue weighted by Crippen LogP contribution is 2.39. The molecule has 0 atom stereocenters. The maximum Gasteiger partial charge on any atom is 0.412 e. The predicted octanol–water partition coefficient (Wildman–Crippen LogP) is 3.29. The molecule has 2 heterocycles. The number of nitrogens with zero attached hydrogens (tertiary/aromatic N) is 3. The van der Waals surface area contributed by atoms with E-state index in [4.69, 9.17) is 4.74 Å². The van der Waals surface area contributed by atoms with Crippen LogP contribution in [-0.4, -0.2) is 32.4 Å². The van der Waals surface area contributed by atoms with Crippen LogP contribution in [0.3, 0.4) is 0 Å². The summed E-state index contributed by atoms with van der Waals surface area (Å²) in [5.74, 6) is 0.364. The highest BCUT2D eigenvalue weighted by Gasteiger charge is 2.28. The molecule has 0 aliphatic heterocycles. The van der Waals surface area contributed by atoms with Crippen molar-refractivity contribution in [2.45, 2.75) is 45.1 Å². The molecule has 2 amide bonds. The Morgan fingerprint density at radius 3 is 2.50 bits per heavy atom. The monoisotopic (exact) mass is 357 g/mol. The molecule has 1 saturated carbocycles. The molecule has 1 aliphatic rings. The second-order valence-electron chi connectivity index (χ2n) is 7.36. The molecule has 0 spiro atoms. The summed E-state index contributed by atoms with van der Waals surface area (Å²) < 4.78 is 6.85. The lowest BCUT2D eigenvalue weighted by atomic mass is 10.2. The van der Waals surface area contributed by atoms with Gasteiger partial charge in [-0.15, -0.1) is 0 Å². The van der Waals surface area contributed by atoms with Crippen molar-refractivity contribution in [3.8, 4) is 0 Å². The van der Waals surface area contributed by atoms with Crippen LogP contribution < -0.4 is 10.6 Å². The van der Waals surface area contributed by atoms with Crippen LogP contribution in [0.4, 0.5) is 16.3 Å². The molecule has 8 nitrogen and oxygen atoms in total. The van der Waals surface area contributed by atoms with Crippen LogP contribution in [0.25, 0.3) is 0 Å². The molecule has 26 heavy (non-hydrogen) atoms. The summed E-state index contributed by atoms with van der Waals surface area (Å²) in [6, 6.07) is 5.21. The Kier molecular flexibility index (Phi) is 4.67. The lowest BCUT2D eigenvalue weighted by Crippen LogP contribution is -2.28. The second kappa shape index (κ2) is 6.78. The third kappa shape index (κ3) is 4.59. The number of aryl methyl sites for hydroxylation is 1. The second-order valence-corrected chi connectivity index (χ2v) is 7.36. The Morgan fingerprint density at radius 1 is 1.19 bits per heavy atom.